The molecule has 0 aliphatic carbocycles. The lowest BCUT2D eigenvalue weighted by atomic mass is 10.2. The molecule has 1 atom stereocenters. The van der Waals surface area contributed by atoms with Crippen molar-refractivity contribution in [1.82, 2.24) is 10.3 Å². The molecule has 0 aromatic carbocycles. The van der Waals surface area contributed by atoms with Gasteiger partial charge in [-0.3, -0.25) is 4.79 Å². The smallest absolute Gasteiger partial charge is 0.367 e. The summed E-state index contributed by atoms with van der Waals surface area (Å²) in [6.07, 6.45) is 0.406. The Morgan fingerprint density at radius 2 is 2.30 bits per heavy atom. The molecule has 20 heavy (non-hydrogen) atoms. The van der Waals surface area contributed by atoms with Crippen LogP contribution in [-0.2, 0) is 14.6 Å². The van der Waals surface area contributed by atoms with Gasteiger partial charge in [-0.2, -0.15) is 0 Å². The van der Waals surface area contributed by atoms with Crippen molar-refractivity contribution in [3.05, 3.63) is 16.1 Å². The van der Waals surface area contributed by atoms with Gasteiger partial charge >= 0.3 is 5.97 Å². The van der Waals surface area contributed by atoms with E-state index in [1.165, 1.54) is 5.38 Å². The van der Waals surface area contributed by atoms with Crippen LogP contribution < -0.4 is 5.32 Å². The Kier molecular flexibility index (Phi) is 4.39. The molecule has 1 saturated heterocycles. The van der Waals surface area contributed by atoms with E-state index in [0.29, 0.717) is 6.42 Å². The van der Waals surface area contributed by atoms with E-state index in [-0.39, 0.29) is 34.9 Å². The summed E-state index contributed by atoms with van der Waals surface area (Å²) in [5.74, 6) is -1.00. The van der Waals surface area contributed by atoms with E-state index < -0.39 is 21.7 Å². The molecule has 1 unspecified atom stereocenters. The molecule has 1 aliphatic rings. The molecule has 0 spiro atoms. The van der Waals surface area contributed by atoms with Crippen LogP contribution in [0.25, 0.3) is 0 Å². The van der Waals surface area contributed by atoms with E-state index in [1.807, 2.05) is 0 Å². The third kappa shape index (κ3) is 3.54. The molecule has 1 aliphatic heterocycles. The van der Waals surface area contributed by atoms with Crippen molar-refractivity contribution in [2.75, 3.05) is 18.1 Å². The fourth-order valence-electron chi connectivity index (χ4n) is 1.83. The lowest BCUT2D eigenvalue weighted by molar-refractivity contribution is 0.0526. The minimum absolute atomic E-state index is 0.0480. The number of aromatic nitrogens is 1. The Labute approximate surface area is 120 Å². The maximum Gasteiger partial charge on any atom is 0.367 e. The normalized spacial score (nSPS) is 20.6. The second-order valence-corrected chi connectivity index (χ2v) is 7.42. The van der Waals surface area contributed by atoms with E-state index in [2.05, 4.69) is 10.3 Å². The summed E-state index contributed by atoms with van der Waals surface area (Å²) in [4.78, 5) is 27.2. The molecule has 110 valence electrons. The monoisotopic (exact) mass is 318 g/mol. The molecule has 7 nitrogen and oxygen atoms in total. The van der Waals surface area contributed by atoms with Crippen molar-refractivity contribution < 1.29 is 22.7 Å². The lowest BCUT2D eigenvalue weighted by Crippen LogP contribution is -2.35. The lowest BCUT2D eigenvalue weighted by Gasteiger charge is -2.08. The van der Waals surface area contributed by atoms with Gasteiger partial charge in [0, 0.05) is 11.4 Å². The van der Waals surface area contributed by atoms with Gasteiger partial charge in [0.1, 0.15) is 5.69 Å². The van der Waals surface area contributed by atoms with Gasteiger partial charge in [0.25, 0.3) is 5.91 Å². The zero-order valence-corrected chi connectivity index (χ0v) is 12.4. The van der Waals surface area contributed by atoms with Crippen molar-refractivity contribution in [3.63, 3.8) is 0 Å². The Balaban J connectivity index is 1.98. The fraction of sp³-hybridized carbons (Fsp3) is 0.545. The average molecular weight is 318 g/mol. The Morgan fingerprint density at radius 1 is 1.55 bits per heavy atom. The van der Waals surface area contributed by atoms with E-state index in [4.69, 9.17) is 4.74 Å². The first-order chi connectivity index (χ1) is 9.41. The number of rotatable bonds is 4. The van der Waals surface area contributed by atoms with Gasteiger partial charge in [0.2, 0.25) is 5.01 Å². The van der Waals surface area contributed by atoms with Crippen LogP contribution >= 0.6 is 11.3 Å². The summed E-state index contributed by atoms with van der Waals surface area (Å²) in [5, 5.41) is 4.17. The van der Waals surface area contributed by atoms with Crippen LogP contribution in [0.15, 0.2) is 5.38 Å². The second kappa shape index (κ2) is 5.88. The molecule has 1 amide bonds. The number of sulfone groups is 1. The van der Waals surface area contributed by atoms with Gasteiger partial charge in [-0.05, 0) is 13.3 Å². The van der Waals surface area contributed by atoms with Crippen LogP contribution in [0, 0.1) is 0 Å². The minimum Gasteiger partial charge on any atom is -0.461 e. The SMILES string of the molecule is CCOC(=O)c1nc(C(=O)NC2CCS(=O)(=O)C2)cs1. The standard InChI is InChI=1S/C11H14N2O5S2/c1-2-18-11(15)10-13-8(5-19-10)9(14)12-7-3-4-20(16,17)6-7/h5,7H,2-4,6H2,1H3,(H,12,14). The number of nitrogens with zero attached hydrogens (tertiary/aromatic N) is 1. The number of carbonyl (C=O) groups excluding carboxylic acids is 2. The van der Waals surface area contributed by atoms with E-state index in [9.17, 15) is 18.0 Å². The van der Waals surface area contributed by atoms with Crippen molar-refractivity contribution in [2.24, 2.45) is 0 Å². The van der Waals surface area contributed by atoms with E-state index in [1.54, 1.807) is 6.92 Å². The first kappa shape index (κ1) is 14.9. The molecule has 1 N–H and O–H groups in total. The molecule has 9 heteroatoms. The third-order valence-electron chi connectivity index (χ3n) is 2.75. The molecular formula is C11H14N2O5S2. The number of amides is 1. The molecule has 1 fully saturated rings. The number of esters is 1. The average Bonchev–Trinajstić information content (AvgIpc) is 2.96. The largest absolute Gasteiger partial charge is 0.461 e. The number of hydrogen-bond acceptors (Lipinski definition) is 7. The molecule has 0 radical (unpaired) electrons. The summed E-state index contributed by atoms with van der Waals surface area (Å²) >= 11 is 1.02. The van der Waals surface area contributed by atoms with Gasteiger partial charge in [-0.1, -0.05) is 0 Å². The molecular weight excluding hydrogens is 304 g/mol. The number of hydrogen-bond donors (Lipinski definition) is 1. The van der Waals surface area contributed by atoms with E-state index >= 15 is 0 Å². The van der Waals surface area contributed by atoms with Crippen LogP contribution in [0.5, 0.6) is 0 Å². The van der Waals surface area contributed by atoms with Crippen LogP contribution in [0.3, 0.4) is 0 Å². The van der Waals surface area contributed by atoms with Crippen molar-refractivity contribution in [2.45, 2.75) is 19.4 Å². The second-order valence-electron chi connectivity index (χ2n) is 4.33. The van der Waals surface area contributed by atoms with Gasteiger partial charge in [-0.25, -0.2) is 18.2 Å². The van der Waals surface area contributed by atoms with Crippen LogP contribution in [0.2, 0.25) is 0 Å². The summed E-state index contributed by atoms with van der Waals surface area (Å²) in [6, 6.07) is -0.389. The summed E-state index contributed by atoms with van der Waals surface area (Å²) < 4.78 is 27.4. The first-order valence-corrected chi connectivity index (χ1v) is 8.75. The Bertz CT molecular complexity index is 623. The third-order valence-corrected chi connectivity index (χ3v) is 5.34. The highest BCUT2D eigenvalue weighted by Crippen LogP contribution is 2.14. The van der Waals surface area contributed by atoms with Crippen molar-refractivity contribution >= 4 is 33.1 Å². The molecule has 0 saturated carbocycles. The van der Waals surface area contributed by atoms with E-state index in [0.717, 1.165) is 11.3 Å². The molecule has 1 aromatic heterocycles. The van der Waals surface area contributed by atoms with Crippen LogP contribution in [0.1, 0.15) is 33.6 Å². The highest BCUT2D eigenvalue weighted by atomic mass is 32.2. The number of carbonyl (C=O) groups is 2. The van der Waals surface area contributed by atoms with Crippen LogP contribution in [0.4, 0.5) is 0 Å². The summed E-state index contributed by atoms with van der Waals surface area (Å²) in [6.45, 7) is 1.92. The topological polar surface area (TPSA) is 102 Å². The minimum atomic E-state index is -3.05. The maximum absolute atomic E-state index is 11.9. The predicted octanol–water partition coefficient (Wildman–Crippen LogP) is 0.237. The Hall–Kier alpha value is -1.48. The fourth-order valence-corrected chi connectivity index (χ4v) is 4.20. The van der Waals surface area contributed by atoms with Crippen LogP contribution in [-0.4, -0.2) is 49.4 Å². The van der Waals surface area contributed by atoms with Gasteiger partial charge in [-0.15, -0.1) is 11.3 Å². The van der Waals surface area contributed by atoms with Gasteiger partial charge < -0.3 is 10.1 Å². The highest BCUT2D eigenvalue weighted by molar-refractivity contribution is 7.91. The van der Waals surface area contributed by atoms with Gasteiger partial charge in [0.05, 0.1) is 18.1 Å². The zero-order chi connectivity index (χ0) is 14.8. The molecule has 0 bridgehead atoms. The molecule has 1 aromatic rings. The highest BCUT2D eigenvalue weighted by Gasteiger charge is 2.29. The van der Waals surface area contributed by atoms with Gasteiger partial charge in [0.15, 0.2) is 9.84 Å². The number of ether oxygens (including phenoxy) is 1. The van der Waals surface area contributed by atoms with Crippen molar-refractivity contribution in [3.8, 4) is 0 Å². The first-order valence-electron chi connectivity index (χ1n) is 6.05. The summed E-state index contributed by atoms with van der Waals surface area (Å²) in [5.41, 5.74) is 0.0994. The maximum atomic E-state index is 11.9. The summed E-state index contributed by atoms with van der Waals surface area (Å²) in [7, 11) is -3.05. The number of thiazole rings is 1. The Morgan fingerprint density at radius 3 is 2.90 bits per heavy atom. The molecule has 2 rings (SSSR count). The zero-order valence-electron chi connectivity index (χ0n) is 10.8. The van der Waals surface area contributed by atoms with Crippen molar-refractivity contribution in [1.29, 1.82) is 0 Å². The number of nitrogens with one attached hydrogen (secondary N) is 1. The molecule has 2 heterocycles. The quantitative estimate of drug-likeness (QED) is 0.798. The predicted molar refractivity (Wildman–Crippen MR) is 72.6 cm³/mol.